The summed E-state index contributed by atoms with van der Waals surface area (Å²) in [7, 11) is -5.17. The van der Waals surface area contributed by atoms with E-state index in [-0.39, 0.29) is 137 Å². The number of hydrogen-bond acceptors (Lipinski definition) is 4. The molecular weight excluding hydrogens is 228 g/mol. The van der Waals surface area contributed by atoms with Gasteiger partial charge in [0.1, 0.15) is 0 Å². The molecule has 0 fully saturated rings. The van der Waals surface area contributed by atoms with Crippen LogP contribution in [0.3, 0.4) is 0 Å². The van der Waals surface area contributed by atoms with Gasteiger partial charge in [-0.1, -0.05) is 0 Å². The molecule has 0 aliphatic heterocycles. The molecule has 0 aromatic carbocycles. The fraction of sp³-hybridized carbons (Fsp3) is 0. The zero-order valence-electron chi connectivity index (χ0n) is 5.20. The smallest absolute Gasteiger partial charge is 0.759 e. The maximum Gasteiger partial charge on any atom is 1.00 e. The first-order valence-electron chi connectivity index (χ1n) is 0.667. The molecule has 38 valence electrons. The first kappa shape index (κ1) is 29.2. The van der Waals surface area contributed by atoms with Crippen molar-refractivity contribution in [3.63, 3.8) is 0 Å². The van der Waals surface area contributed by atoms with Gasteiger partial charge in [-0.15, -0.1) is 0 Å². The molecule has 0 spiro atoms. The minimum atomic E-state index is -5.17. The van der Waals surface area contributed by atoms with Crippen LogP contribution in [-0.2, 0) is 10.4 Å². The van der Waals surface area contributed by atoms with Crippen molar-refractivity contribution >= 4 is 45.1 Å². The molecule has 0 aliphatic rings. The van der Waals surface area contributed by atoms with Crippen molar-refractivity contribution in [2.24, 2.45) is 0 Å². The van der Waals surface area contributed by atoms with Gasteiger partial charge in [0.15, 0.2) is 0 Å². The fourth-order valence-electron chi connectivity index (χ4n) is 0. The second kappa shape index (κ2) is 14.7. The normalized spacial score (nSPS) is 6.44. The molecule has 0 aromatic rings. The molecule has 0 aliphatic carbocycles. The molecule has 9 heavy (non-hydrogen) atoms. The average molecular weight is 228 g/mol. The Balaban J connectivity index is -0.0000000133. The molecule has 0 N–H and O–H groups in total. The summed E-state index contributed by atoms with van der Waals surface area (Å²) in [6.45, 7) is 0. The van der Waals surface area contributed by atoms with Crippen LogP contribution < -0.4 is 103 Å². The molecular formula is Al2K2O4S. The third kappa shape index (κ3) is 71.8. The Morgan fingerprint density at radius 3 is 0.889 bits per heavy atom. The Bertz CT molecular complexity index is 99.7. The Morgan fingerprint density at radius 2 is 0.889 bits per heavy atom. The quantitative estimate of drug-likeness (QED) is 0.234. The van der Waals surface area contributed by atoms with Crippen LogP contribution in [0.5, 0.6) is 0 Å². The van der Waals surface area contributed by atoms with Crippen LogP contribution in [0.1, 0.15) is 0 Å². The second-order valence-corrected chi connectivity index (χ2v) is 1.22. The fourth-order valence-corrected chi connectivity index (χ4v) is 0. The summed E-state index contributed by atoms with van der Waals surface area (Å²) in [6.07, 6.45) is 0. The van der Waals surface area contributed by atoms with Gasteiger partial charge < -0.3 is 9.11 Å². The molecule has 0 bridgehead atoms. The zero-order chi connectivity index (χ0) is 4.50. The molecule has 0 amide bonds. The third-order valence-corrected chi connectivity index (χ3v) is 0. The van der Waals surface area contributed by atoms with Crippen LogP contribution in [0.2, 0.25) is 0 Å². The van der Waals surface area contributed by atoms with E-state index < -0.39 is 10.4 Å². The van der Waals surface area contributed by atoms with Crippen LogP contribution in [0.4, 0.5) is 0 Å². The zero-order valence-corrected chi connectivity index (χ0v) is 14.6. The van der Waals surface area contributed by atoms with E-state index in [2.05, 4.69) is 0 Å². The Kier molecular flexibility index (Phi) is 47.8. The molecule has 0 saturated heterocycles. The Labute approximate surface area is 161 Å². The second-order valence-electron chi connectivity index (χ2n) is 0.408. The van der Waals surface area contributed by atoms with Gasteiger partial charge in [-0.25, -0.2) is 0 Å². The third-order valence-electron chi connectivity index (χ3n) is 0. The van der Waals surface area contributed by atoms with Gasteiger partial charge in [-0.05, 0) is 0 Å². The van der Waals surface area contributed by atoms with E-state index in [0.29, 0.717) is 0 Å². The molecule has 6 radical (unpaired) electrons. The van der Waals surface area contributed by atoms with Crippen molar-refractivity contribution in [2.75, 3.05) is 0 Å². The molecule has 0 saturated carbocycles. The summed E-state index contributed by atoms with van der Waals surface area (Å²) in [5.41, 5.74) is 0. The minimum absolute atomic E-state index is 0. The van der Waals surface area contributed by atoms with Gasteiger partial charge >= 0.3 is 103 Å². The van der Waals surface area contributed by atoms with E-state index in [1.807, 2.05) is 0 Å². The molecule has 0 atom stereocenters. The summed E-state index contributed by atoms with van der Waals surface area (Å²) in [4.78, 5) is 0. The van der Waals surface area contributed by atoms with Crippen molar-refractivity contribution in [3.05, 3.63) is 0 Å². The first-order valence-corrected chi connectivity index (χ1v) is 2.00. The topological polar surface area (TPSA) is 80.3 Å². The average Bonchev–Trinajstić information content (AvgIpc) is 0.722. The predicted octanol–water partition coefficient (Wildman–Crippen LogP) is -8.09. The molecule has 9 heteroatoms. The van der Waals surface area contributed by atoms with Gasteiger partial charge in [-0.2, -0.15) is 0 Å². The number of hydrogen-bond donors (Lipinski definition) is 0. The maximum atomic E-state index is 8.52. The first-order chi connectivity index (χ1) is 2.00. The summed E-state index contributed by atoms with van der Waals surface area (Å²) in [5, 5.41) is 0. The van der Waals surface area contributed by atoms with E-state index in [1.54, 1.807) is 0 Å². The summed E-state index contributed by atoms with van der Waals surface area (Å²) in [5.74, 6) is 0. The molecule has 0 unspecified atom stereocenters. The van der Waals surface area contributed by atoms with Crippen LogP contribution in [0.15, 0.2) is 0 Å². The van der Waals surface area contributed by atoms with E-state index in [4.69, 9.17) is 17.5 Å². The molecule has 0 aromatic heterocycles. The Morgan fingerprint density at radius 1 is 0.889 bits per heavy atom. The monoisotopic (exact) mass is 228 g/mol. The standard InChI is InChI=1S/2Al.2K.H2O4S/c;;;;1-5(2,3)4/h;;;;(H2,1,2,3,4)/q;;2*+1;/p-2. The van der Waals surface area contributed by atoms with E-state index in [0.717, 1.165) is 0 Å². The van der Waals surface area contributed by atoms with Gasteiger partial charge in [-0.3, -0.25) is 8.42 Å². The minimum Gasteiger partial charge on any atom is -0.759 e. The Hall–Kier alpha value is 4.21. The van der Waals surface area contributed by atoms with Crippen molar-refractivity contribution in [3.8, 4) is 0 Å². The van der Waals surface area contributed by atoms with Crippen LogP contribution >= 0.6 is 0 Å². The molecule has 4 nitrogen and oxygen atoms in total. The van der Waals surface area contributed by atoms with Gasteiger partial charge in [0, 0.05) is 45.1 Å². The maximum absolute atomic E-state index is 8.52. The predicted molar refractivity (Wildman–Crippen MR) is 22.0 cm³/mol. The number of rotatable bonds is 0. The largest absolute Gasteiger partial charge is 1.00 e. The van der Waals surface area contributed by atoms with Gasteiger partial charge in [0.25, 0.3) is 0 Å². The van der Waals surface area contributed by atoms with Crippen LogP contribution in [-0.4, -0.2) is 52.2 Å². The summed E-state index contributed by atoms with van der Waals surface area (Å²) < 4.78 is 34.1. The van der Waals surface area contributed by atoms with E-state index >= 15 is 0 Å². The van der Waals surface area contributed by atoms with Crippen molar-refractivity contribution < 1.29 is 120 Å². The summed E-state index contributed by atoms with van der Waals surface area (Å²) >= 11 is 0. The van der Waals surface area contributed by atoms with E-state index in [9.17, 15) is 0 Å². The van der Waals surface area contributed by atoms with Crippen molar-refractivity contribution in [1.29, 1.82) is 0 Å². The van der Waals surface area contributed by atoms with Gasteiger partial charge in [0.05, 0.1) is 0 Å². The molecule has 0 rings (SSSR count). The SMILES string of the molecule is O=S(=O)([O-])[O-].[Al].[Al].[K+].[K+]. The summed E-state index contributed by atoms with van der Waals surface area (Å²) in [6, 6.07) is 0. The van der Waals surface area contributed by atoms with Gasteiger partial charge in [0.2, 0.25) is 0 Å². The van der Waals surface area contributed by atoms with Crippen LogP contribution in [0, 0.1) is 0 Å². The molecule has 0 heterocycles. The van der Waals surface area contributed by atoms with E-state index in [1.165, 1.54) is 0 Å². The van der Waals surface area contributed by atoms with Crippen LogP contribution in [0.25, 0.3) is 0 Å². The van der Waals surface area contributed by atoms with Crippen molar-refractivity contribution in [1.82, 2.24) is 0 Å². The van der Waals surface area contributed by atoms with Crippen molar-refractivity contribution in [2.45, 2.75) is 0 Å².